The molecule has 0 aliphatic carbocycles. The molecule has 0 bridgehead atoms. The molecule has 2 nitrogen and oxygen atoms in total. The standard InChI is InChI=1S/C11H19N.C5H11N.C2H6.C2H4/c1-5-11(8-9(2)3)7-6-10(4)12;1-3-5(2)4-6;2*1-2/h5,7,10H,1-2,6,8,12H2,3-4H3;2-4,6H2,1H3;1-2H3;1-2H2/b11-7+;;;. The van der Waals surface area contributed by atoms with Crippen LogP contribution in [0.2, 0.25) is 0 Å². The molecule has 22 heavy (non-hydrogen) atoms. The van der Waals surface area contributed by atoms with Crippen LogP contribution in [0.15, 0.2) is 61.8 Å². The van der Waals surface area contributed by atoms with Crippen molar-refractivity contribution in [1.29, 1.82) is 0 Å². The summed E-state index contributed by atoms with van der Waals surface area (Å²) in [5.74, 6) is 0. The van der Waals surface area contributed by atoms with Crippen molar-refractivity contribution in [2.75, 3.05) is 6.54 Å². The molecule has 2 heteroatoms. The summed E-state index contributed by atoms with van der Waals surface area (Å²) in [5, 5.41) is 0. The Hall–Kier alpha value is -1.38. The van der Waals surface area contributed by atoms with Gasteiger partial charge in [0, 0.05) is 12.6 Å². The normalized spacial score (nSPS) is 10.4. The number of allylic oxidation sites excluding steroid dienone is 3. The van der Waals surface area contributed by atoms with Crippen molar-refractivity contribution in [3.8, 4) is 0 Å². The molecule has 0 aromatic rings. The Kier molecular flexibility index (Phi) is 32.2. The van der Waals surface area contributed by atoms with Gasteiger partial charge < -0.3 is 11.5 Å². The number of hydrogen-bond acceptors (Lipinski definition) is 2. The van der Waals surface area contributed by atoms with Crippen molar-refractivity contribution in [3.05, 3.63) is 61.8 Å². The molecule has 4 N–H and O–H groups in total. The third-order valence-corrected chi connectivity index (χ3v) is 2.31. The first-order valence-corrected chi connectivity index (χ1v) is 7.95. The molecule has 0 radical (unpaired) electrons. The molecule has 0 aliphatic rings. The van der Waals surface area contributed by atoms with Crippen LogP contribution in [0.5, 0.6) is 0 Å². The van der Waals surface area contributed by atoms with E-state index >= 15 is 0 Å². The van der Waals surface area contributed by atoms with E-state index in [2.05, 4.69) is 45.9 Å². The number of nitrogens with two attached hydrogens (primary N) is 2. The fourth-order valence-electron chi connectivity index (χ4n) is 1.06. The van der Waals surface area contributed by atoms with Crippen molar-refractivity contribution >= 4 is 0 Å². The van der Waals surface area contributed by atoms with E-state index in [0.29, 0.717) is 6.54 Å². The molecule has 1 unspecified atom stereocenters. The van der Waals surface area contributed by atoms with Gasteiger partial charge in [0.05, 0.1) is 0 Å². The highest BCUT2D eigenvalue weighted by Gasteiger charge is 1.94. The lowest BCUT2D eigenvalue weighted by Gasteiger charge is -2.03. The third kappa shape index (κ3) is 31.2. The zero-order valence-corrected chi connectivity index (χ0v) is 15.8. The second kappa shape index (κ2) is 24.6. The van der Waals surface area contributed by atoms with Gasteiger partial charge in [0.25, 0.3) is 0 Å². The van der Waals surface area contributed by atoms with E-state index in [0.717, 1.165) is 30.4 Å². The van der Waals surface area contributed by atoms with Crippen molar-refractivity contribution in [2.24, 2.45) is 11.5 Å². The first kappa shape index (κ1) is 28.7. The van der Waals surface area contributed by atoms with Crippen LogP contribution in [-0.4, -0.2) is 12.6 Å². The van der Waals surface area contributed by atoms with Gasteiger partial charge in [-0.1, -0.05) is 63.8 Å². The summed E-state index contributed by atoms with van der Waals surface area (Å²) < 4.78 is 0. The van der Waals surface area contributed by atoms with E-state index in [1.54, 1.807) is 0 Å². The van der Waals surface area contributed by atoms with Crippen molar-refractivity contribution in [3.63, 3.8) is 0 Å². The number of hydrogen-bond donors (Lipinski definition) is 2. The largest absolute Gasteiger partial charge is 0.328 e. The molecule has 0 saturated heterocycles. The Morgan fingerprint density at radius 1 is 1.18 bits per heavy atom. The van der Waals surface area contributed by atoms with Crippen LogP contribution in [0, 0.1) is 0 Å². The molecule has 0 saturated carbocycles. The van der Waals surface area contributed by atoms with E-state index < -0.39 is 0 Å². The molecule has 0 fully saturated rings. The van der Waals surface area contributed by atoms with Gasteiger partial charge in [0.1, 0.15) is 0 Å². The average molecular weight is 309 g/mol. The third-order valence-electron chi connectivity index (χ3n) is 2.31. The fraction of sp³-hybridized carbons (Fsp3) is 0.500. The van der Waals surface area contributed by atoms with E-state index in [1.807, 2.05) is 33.8 Å². The molecular weight excluding hydrogens is 268 g/mol. The molecule has 130 valence electrons. The van der Waals surface area contributed by atoms with Gasteiger partial charge in [0.15, 0.2) is 0 Å². The van der Waals surface area contributed by atoms with Crippen LogP contribution in [0.1, 0.15) is 53.9 Å². The maximum absolute atomic E-state index is 5.62. The van der Waals surface area contributed by atoms with Gasteiger partial charge in [-0.3, -0.25) is 0 Å². The first-order chi connectivity index (χ1) is 10.4. The summed E-state index contributed by atoms with van der Waals surface area (Å²) in [6.07, 6.45) is 6.84. The lowest BCUT2D eigenvalue weighted by Crippen LogP contribution is -2.13. The fourth-order valence-corrected chi connectivity index (χ4v) is 1.06. The lowest BCUT2D eigenvalue weighted by atomic mass is 10.1. The van der Waals surface area contributed by atoms with Gasteiger partial charge in [-0.25, -0.2) is 0 Å². The molecule has 0 aliphatic heterocycles. The quantitative estimate of drug-likeness (QED) is 0.479. The predicted molar refractivity (Wildman–Crippen MR) is 107 cm³/mol. The summed E-state index contributed by atoms with van der Waals surface area (Å²) in [4.78, 5) is 0. The monoisotopic (exact) mass is 308 g/mol. The lowest BCUT2D eigenvalue weighted by molar-refractivity contribution is 0.753. The van der Waals surface area contributed by atoms with Crippen molar-refractivity contribution < 1.29 is 0 Å². The SMILES string of the molecule is C=C.C=C(CC)CN.C=C/C(=C\CC(C)N)CC(=C)C.CC. The highest BCUT2D eigenvalue weighted by molar-refractivity contribution is 5.21. The smallest absolute Gasteiger partial charge is 0.0134 e. The summed E-state index contributed by atoms with van der Waals surface area (Å²) in [6.45, 7) is 28.0. The molecule has 0 aromatic carbocycles. The molecule has 0 aromatic heterocycles. The van der Waals surface area contributed by atoms with Crippen LogP contribution >= 0.6 is 0 Å². The van der Waals surface area contributed by atoms with Gasteiger partial charge in [0.2, 0.25) is 0 Å². The molecular formula is C20H40N2. The summed E-state index contributed by atoms with van der Waals surface area (Å²) in [7, 11) is 0. The van der Waals surface area contributed by atoms with Crippen LogP contribution < -0.4 is 11.5 Å². The second-order valence-electron chi connectivity index (χ2n) is 4.64. The summed E-state index contributed by atoms with van der Waals surface area (Å²) in [5.41, 5.74) is 14.3. The van der Waals surface area contributed by atoms with Gasteiger partial charge in [-0.05, 0) is 38.7 Å². The minimum atomic E-state index is 0.227. The van der Waals surface area contributed by atoms with E-state index in [1.165, 1.54) is 5.57 Å². The van der Waals surface area contributed by atoms with E-state index in [-0.39, 0.29) is 6.04 Å². The van der Waals surface area contributed by atoms with Crippen LogP contribution in [0.3, 0.4) is 0 Å². The number of rotatable bonds is 7. The van der Waals surface area contributed by atoms with Gasteiger partial charge in [-0.15, -0.1) is 13.2 Å². The van der Waals surface area contributed by atoms with E-state index in [4.69, 9.17) is 11.5 Å². The minimum absolute atomic E-state index is 0.227. The molecule has 0 heterocycles. The molecule has 0 rings (SSSR count). The molecule has 0 amide bonds. The highest BCUT2D eigenvalue weighted by atomic mass is 14.6. The zero-order valence-electron chi connectivity index (χ0n) is 15.8. The van der Waals surface area contributed by atoms with Crippen molar-refractivity contribution in [1.82, 2.24) is 0 Å². The van der Waals surface area contributed by atoms with Crippen molar-refractivity contribution in [2.45, 2.75) is 59.9 Å². The van der Waals surface area contributed by atoms with Gasteiger partial charge >= 0.3 is 0 Å². The van der Waals surface area contributed by atoms with E-state index in [9.17, 15) is 0 Å². The summed E-state index contributed by atoms with van der Waals surface area (Å²) >= 11 is 0. The Balaban J connectivity index is -0.000000136. The molecule has 1 atom stereocenters. The average Bonchev–Trinajstić information content (AvgIpc) is 2.54. The topological polar surface area (TPSA) is 52.0 Å². The minimum Gasteiger partial charge on any atom is -0.328 e. The van der Waals surface area contributed by atoms with Crippen LogP contribution in [0.25, 0.3) is 0 Å². The zero-order chi connectivity index (χ0) is 18.6. The predicted octanol–water partition coefficient (Wildman–Crippen LogP) is 5.54. The maximum atomic E-state index is 5.62. The van der Waals surface area contributed by atoms with Gasteiger partial charge in [-0.2, -0.15) is 0 Å². The highest BCUT2D eigenvalue weighted by Crippen LogP contribution is 2.10. The molecule has 0 spiro atoms. The Bertz CT molecular complexity index is 293. The maximum Gasteiger partial charge on any atom is 0.0134 e. The van der Waals surface area contributed by atoms with Crippen LogP contribution in [0.4, 0.5) is 0 Å². The first-order valence-electron chi connectivity index (χ1n) is 7.95. The van der Waals surface area contributed by atoms with Crippen LogP contribution in [-0.2, 0) is 0 Å². The Morgan fingerprint density at radius 2 is 1.64 bits per heavy atom. The Labute approximate surface area is 140 Å². The Morgan fingerprint density at radius 3 is 1.82 bits per heavy atom. The summed E-state index contributed by atoms with van der Waals surface area (Å²) in [6, 6.07) is 0.227. The second-order valence-corrected chi connectivity index (χ2v) is 4.64.